The second kappa shape index (κ2) is 15.1. The van der Waals surface area contributed by atoms with Gasteiger partial charge in [0, 0.05) is 35.0 Å². The minimum absolute atomic E-state index is 0. The molecule has 0 bridgehead atoms. The molecule has 5 nitrogen and oxygen atoms in total. The van der Waals surface area contributed by atoms with Crippen molar-refractivity contribution in [2.45, 2.75) is 98.8 Å². The van der Waals surface area contributed by atoms with Crippen molar-refractivity contribution in [3.05, 3.63) is 131 Å². The average molecular weight is 882 g/mol. The molecule has 0 atom stereocenters. The summed E-state index contributed by atoms with van der Waals surface area (Å²) in [5, 5.41) is 7.18. The molecule has 3 heterocycles. The van der Waals surface area contributed by atoms with Crippen LogP contribution in [-0.2, 0) is 44.7 Å². The Bertz CT molecular complexity index is 2360. The molecule has 0 saturated carbocycles. The van der Waals surface area contributed by atoms with Gasteiger partial charge in [-0.25, -0.2) is 4.98 Å². The summed E-state index contributed by atoms with van der Waals surface area (Å²) in [7, 11) is 0. The fraction of sp³-hybridized carbons (Fsp3) is 0.319. The predicted molar refractivity (Wildman–Crippen MR) is 215 cm³/mol. The van der Waals surface area contributed by atoms with Gasteiger partial charge < -0.3 is 9.30 Å². The molecule has 0 N–H and O–H groups in total. The summed E-state index contributed by atoms with van der Waals surface area (Å²) in [5.41, 5.74) is 12.3. The van der Waals surface area contributed by atoms with E-state index in [9.17, 15) is 0 Å². The SMILES string of the molecule is CCCc1c(C(C)(C)C)cc(C(C)(C)C)c(CCC)c1-c1cnn(-c2[c-]c(Oc3[c-]c4c(cc3)c3ccccc3n4-c3cc(C)ccn3)ccc2)c1.[Pt+2]. The standard InChI is InChI=1S/C47H50N4O.Pt/c1-10-15-38-40(46(4,5)6)28-41(47(7,8)9)39(16-11-2)45(38)32-29-49-50(30-32)33-17-14-18-34(26-33)52-35-21-22-37-36-19-12-13-20-42(36)51(43(37)27-35)44-25-31(3)23-24-48-44;/h12-14,17-25,28-30H,10-11,15-16H2,1-9H3;/q-2;+2. The quantitative estimate of drug-likeness (QED) is 0.136. The van der Waals surface area contributed by atoms with Gasteiger partial charge in [0.25, 0.3) is 0 Å². The van der Waals surface area contributed by atoms with Crippen molar-refractivity contribution in [1.82, 2.24) is 19.3 Å². The van der Waals surface area contributed by atoms with Gasteiger partial charge in [0.05, 0.1) is 6.20 Å². The van der Waals surface area contributed by atoms with Gasteiger partial charge in [-0.2, -0.15) is 17.2 Å². The maximum absolute atomic E-state index is 6.47. The van der Waals surface area contributed by atoms with Gasteiger partial charge in [0.15, 0.2) is 0 Å². The first-order valence-corrected chi connectivity index (χ1v) is 18.7. The zero-order chi connectivity index (χ0) is 36.8. The molecule has 7 aromatic rings. The first-order valence-electron chi connectivity index (χ1n) is 18.7. The van der Waals surface area contributed by atoms with Crippen LogP contribution in [0.25, 0.3) is 44.4 Å². The summed E-state index contributed by atoms with van der Waals surface area (Å²) in [6.45, 7) is 20.7. The van der Waals surface area contributed by atoms with E-state index >= 15 is 0 Å². The number of pyridine rings is 1. The first kappa shape index (κ1) is 38.3. The Balaban J connectivity index is 0.00000481. The Hall–Kier alpha value is -4.47. The molecule has 0 saturated heterocycles. The summed E-state index contributed by atoms with van der Waals surface area (Å²) in [5.74, 6) is 2.07. The van der Waals surface area contributed by atoms with Crippen molar-refractivity contribution in [1.29, 1.82) is 0 Å². The maximum atomic E-state index is 6.47. The molecule has 0 aliphatic carbocycles. The summed E-state index contributed by atoms with van der Waals surface area (Å²) < 4.78 is 10.6. The van der Waals surface area contributed by atoms with Crippen LogP contribution in [0.5, 0.6) is 11.5 Å². The van der Waals surface area contributed by atoms with E-state index < -0.39 is 0 Å². The minimum atomic E-state index is 0. The number of para-hydroxylation sites is 1. The normalized spacial score (nSPS) is 12.0. The van der Waals surface area contributed by atoms with Crippen LogP contribution >= 0.6 is 0 Å². The van der Waals surface area contributed by atoms with E-state index in [1.165, 1.54) is 27.8 Å². The third-order valence-corrected chi connectivity index (χ3v) is 9.94. The minimum Gasteiger partial charge on any atom is -0.509 e. The van der Waals surface area contributed by atoms with Crippen molar-refractivity contribution in [2.75, 3.05) is 0 Å². The molecular weight excluding hydrogens is 832 g/mol. The number of aromatic nitrogens is 4. The van der Waals surface area contributed by atoms with Crippen LogP contribution in [0.3, 0.4) is 0 Å². The van der Waals surface area contributed by atoms with Gasteiger partial charge >= 0.3 is 21.1 Å². The molecule has 0 aliphatic heterocycles. The molecule has 53 heavy (non-hydrogen) atoms. The smallest absolute Gasteiger partial charge is 0.509 e. The number of aryl methyl sites for hydroxylation is 1. The second-order valence-electron chi connectivity index (χ2n) is 16.1. The third kappa shape index (κ3) is 7.51. The number of hydrogen-bond donors (Lipinski definition) is 0. The van der Waals surface area contributed by atoms with E-state index in [0.29, 0.717) is 11.5 Å². The van der Waals surface area contributed by atoms with Gasteiger partial charge in [0.2, 0.25) is 0 Å². The van der Waals surface area contributed by atoms with Crippen LogP contribution in [0.15, 0.2) is 91.4 Å². The summed E-state index contributed by atoms with van der Waals surface area (Å²) >= 11 is 0. The van der Waals surface area contributed by atoms with Gasteiger partial charge in [-0.3, -0.25) is 4.68 Å². The fourth-order valence-corrected chi connectivity index (χ4v) is 7.62. The Morgan fingerprint density at radius 3 is 2.08 bits per heavy atom. The van der Waals surface area contributed by atoms with Crippen molar-refractivity contribution in [3.8, 4) is 34.1 Å². The molecule has 0 fully saturated rings. The third-order valence-electron chi connectivity index (χ3n) is 9.94. The topological polar surface area (TPSA) is 44.9 Å². The van der Waals surface area contributed by atoms with Gasteiger partial charge in [-0.15, -0.1) is 35.7 Å². The molecule has 0 radical (unpaired) electrons. The summed E-state index contributed by atoms with van der Waals surface area (Å²) in [4.78, 5) is 4.72. The molecule has 0 aliphatic rings. The Kier molecular flexibility index (Phi) is 10.9. The maximum Gasteiger partial charge on any atom is 2.00 e. The zero-order valence-corrected chi connectivity index (χ0v) is 34.8. The van der Waals surface area contributed by atoms with E-state index in [4.69, 9.17) is 14.8 Å². The van der Waals surface area contributed by atoms with Crippen LogP contribution in [-0.4, -0.2) is 19.3 Å². The van der Waals surface area contributed by atoms with Gasteiger partial charge in [-0.1, -0.05) is 98.0 Å². The largest absolute Gasteiger partial charge is 2.00 e. The van der Waals surface area contributed by atoms with E-state index in [1.54, 1.807) is 0 Å². The van der Waals surface area contributed by atoms with Gasteiger partial charge in [-0.05, 0) is 93.2 Å². The number of benzene rings is 4. The molecule has 3 aromatic heterocycles. The second-order valence-corrected chi connectivity index (χ2v) is 16.1. The molecule has 0 amide bonds. The Morgan fingerprint density at radius 2 is 1.42 bits per heavy atom. The Morgan fingerprint density at radius 1 is 0.736 bits per heavy atom. The predicted octanol–water partition coefficient (Wildman–Crippen LogP) is 12.2. The van der Waals surface area contributed by atoms with E-state index in [0.717, 1.165) is 70.1 Å². The van der Waals surface area contributed by atoms with Crippen LogP contribution in [0.1, 0.15) is 96.0 Å². The molecule has 4 aromatic carbocycles. The number of hydrogen-bond acceptors (Lipinski definition) is 3. The number of nitrogens with zero attached hydrogens (tertiary/aromatic N) is 4. The summed E-state index contributed by atoms with van der Waals surface area (Å²) in [6, 6.07) is 32.2. The van der Waals surface area contributed by atoms with Crippen molar-refractivity contribution in [2.24, 2.45) is 0 Å². The van der Waals surface area contributed by atoms with Crippen LogP contribution in [0.4, 0.5) is 0 Å². The zero-order valence-electron chi connectivity index (χ0n) is 32.5. The van der Waals surface area contributed by atoms with E-state index in [2.05, 4.69) is 128 Å². The molecule has 274 valence electrons. The molecule has 0 unspecified atom stereocenters. The van der Waals surface area contributed by atoms with Gasteiger partial charge in [0.1, 0.15) is 5.82 Å². The van der Waals surface area contributed by atoms with E-state index in [1.807, 2.05) is 47.4 Å². The Labute approximate surface area is 329 Å². The molecule has 7 rings (SSSR count). The first-order chi connectivity index (χ1) is 24.9. The van der Waals surface area contributed by atoms with Crippen molar-refractivity contribution >= 4 is 21.8 Å². The summed E-state index contributed by atoms with van der Waals surface area (Å²) in [6.07, 6.45) is 10.3. The number of ether oxygens (including phenoxy) is 1. The van der Waals surface area contributed by atoms with E-state index in [-0.39, 0.29) is 31.9 Å². The van der Waals surface area contributed by atoms with Crippen LogP contribution < -0.4 is 4.74 Å². The van der Waals surface area contributed by atoms with Crippen molar-refractivity contribution < 1.29 is 25.8 Å². The number of fused-ring (bicyclic) bond motifs is 3. The molecule has 0 spiro atoms. The fourth-order valence-electron chi connectivity index (χ4n) is 7.62. The molecular formula is C47H50N4OPt. The van der Waals surface area contributed by atoms with Crippen molar-refractivity contribution in [3.63, 3.8) is 0 Å². The monoisotopic (exact) mass is 881 g/mol. The molecule has 6 heteroatoms. The van der Waals surface area contributed by atoms with Crippen LogP contribution in [0, 0.1) is 19.1 Å². The number of rotatable bonds is 9. The van der Waals surface area contributed by atoms with Crippen LogP contribution in [0.2, 0.25) is 0 Å². The average Bonchev–Trinajstić information content (AvgIpc) is 3.71.